The maximum Gasteiger partial charge on any atom is 0.191 e. The van der Waals surface area contributed by atoms with E-state index in [9.17, 15) is 5.11 Å². The zero-order valence-corrected chi connectivity index (χ0v) is 22.1. The largest absolute Gasteiger partial charge is 0.497 e. The van der Waals surface area contributed by atoms with E-state index in [2.05, 4.69) is 15.5 Å². The summed E-state index contributed by atoms with van der Waals surface area (Å²) in [7, 11) is 3.19. The number of halogens is 1. The molecule has 1 aromatic heterocycles. The molecule has 0 spiro atoms. The molecule has 2 atom stereocenters. The van der Waals surface area contributed by atoms with E-state index in [1.807, 2.05) is 25.1 Å². The molecule has 1 aromatic carbocycles. The van der Waals surface area contributed by atoms with Gasteiger partial charge < -0.3 is 29.6 Å². The molecule has 0 bridgehead atoms. The molecule has 9 heteroatoms. The minimum atomic E-state index is -0.785. The Hall–Kier alpha value is -1.98. The van der Waals surface area contributed by atoms with Gasteiger partial charge in [-0.2, -0.15) is 0 Å². The number of rotatable bonds is 10. The highest BCUT2D eigenvalue weighted by atomic mass is 127. The van der Waals surface area contributed by atoms with Crippen LogP contribution in [0.5, 0.6) is 11.5 Å². The van der Waals surface area contributed by atoms with E-state index in [1.165, 1.54) is 19.3 Å². The monoisotopic (exact) mass is 572 g/mol. The molecule has 0 saturated carbocycles. The zero-order valence-electron chi connectivity index (χ0n) is 19.8. The lowest BCUT2D eigenvalue weighted by Gasteiger charge is -2.32. The summed E-state index contributed by atoms with van der Waals surface area (Å²) in [5, 5.41) is 17.3. The molecule has 1 aliphatic heterocycles. The number of guanidine groups is 1. The third-order valence-corrected chi connectivity index (χ3v) is 5.73. The Bertz CT molecular complexity index is 841. The molecule has 2 aromatic rings. The summed E-state index contributed by atoms with van der Waals surface area (Å²) in [6.07, 6.45) is 4.62. The van der Waals surface area contributed by atoms with Gasteiger partial charge >= 0.3 is 0 Å². The van der Waals surface area contributed by atoms with E-state index in [0.29, 0.717) is 29.6 Å². The normalized spacial score (nSPS) is 16.4. The average Bonchev–Trinajstić information content (AvgIpc) is 3.37. The zero-order chi connectivity index (χ0) is 22.8. The SMILES string of the molecule is CCNC(=NCC(c1ccco1)N1CCCCC1)NCC(O)c1cc(OC)ccc1OC.I. The maximum absolute atomic E-state index is 10.8. The fourth-order valence-electron chi connectivity index (χ4n) is 4.02. The van der Waals surface area contributed by atoms with Crippen molar-refractivity contribution in [2.24, 2.45) is 4.99 Å². The van der Waals surface area contributed by atoms with Crippen molar-refractivity contribution in [1.29, 1.82) is 0 Å². The van der Waals surface area contributed by atoms with E-state index < -0.39 is 6.10 Å². The first-order chi connectivity index (χ1) is 15.7. The highest BCUT2D eigenvalue weighted by molar-refractivity contribution is 14.0. The van der Waals surface area contributed by atoms with Gasteiger partial charge in [-0.15, -0.1) is 24.0 Å². The van der Waals surface area contributed by atoms with Crippen LogP contribution >= 0.6 is 24.0 Å². The molecule has 33 heavy (non-hydrogen) atoms. The van der Waals surface area contributed by atoms with Crippen LogP contribution in [0.4, 0.5) is 0 Å². The second-order valence-corrected chi connectivity index (χ2v) is 7.85. The summed E-state index contributed by atoms with van der Waals surface area (Å²) in [6.45, 7) is 5.71. The number of ether oxygens (including phenoxy) is 2. The number of methoxy groups -OCH3 is 2. The van der Waals surface area contributed by atoms with Crippen LogP contribution < -0.4 is 20.1 Å². The van der Waals surface area contributed by atoms with E-state index in [-0.39, 0.29) is 36.6 Å². The summed E-state index contributed by atoms with van der Waals surface area (Å²) in [5.41, 5.74) is 0.664. The number of furan rings is 1. The van der Waals surface area contributed by atoms with E-state index in [0.717, 1.165) is 25.4 Å². The molecule has 184 valence electrons. The Morgan fingerprint density at radius 3 is 2.58 bits per heavy atom. The summed E-state index contributed by atoms with van der Waals surface area (Å²) in [6, 6.07) is 9.44. The van der Waals surface area contributed by atoms with Crippen molar-refractivity contribution in [3.8, 4) is 11.5 Å². The lowest BCUT2D eigenvalue weighted by atomic mass is 10.1. The molecule has 2 heterocycles. The Morgan fingerprint density at radius 1 is 1.15 bits per heavy atom. The quantitative estimate of drug-likeness (QED) is 0.227. The molecule has 3 N–H and O–H groups in total. The van der Waals surface area contributed by atoms with Crippen molar-refractivity contribution >= 4 is 29.9 Å². The van der Waals surface area contributed by atoms with Gasteiger partial charge in [-0.05, 0) is 63.2 Å². The van der Waals surface area contributed by atoms with Gasteiger partial charge in [-0.25, -0.2) is 0 Å². The first-order valence-electron chi connectivity index (χ1n) is 11.4. The minimum absolute atomic E-state index is 0. The predicted octanol–water partition coefficient (Wildman–Crippen LogP) is 3.73. The Kier molecular flexibility index (Phi) is 11.8. The molecular weight excluding hydrogens is 535 g/mol. The number of hydrogen-bond acceptors (Lipinski definition) is 6. The van der Waals surface area contributed by atoms with Crippen molar-refractivity contribution in [1.82, 2.24) is 15.5 Å². The van der Waals surface area contributed by atoms with Crippen LogP contribution in [-0.4, -0.2) is 62.9 Å². The summed E-state index contributed by atoms with van der Waals surface area (Å²) in [4.78, 5) is 7.26. The highest BCUT2D eigenvalue weighted by Gasteiger charge is 2.24. The van der Waals surface area contributed by atoms with Gasteiger partial charge in [0.15, 0.2) is 5.96 Å². The highest BCUT2D eigenvalue weighted by Crippen LogP contribution is 2.29. The Labute approximate surface area is 213 Å². The summed E-state index contributed by atoms with van der Waals surface area (Å²) in [5.74, 6) is 2.88. The number of aliphatic hydroxyl groups excluding tert-OH is 1. The molecule has 0 radical (unpaired) electrons. The standard InChI is InChI=1S/C24H36N4O4.HI/c1-4-25-24(27-17-21(29)19-15-18(30-2)10-11-22(19)31-3)26-16-20(23-9-8-14-32-23)28-12-6-5-7-13-28;/h8-11,14-15,20-21,29H,4-7,12-13,16-17H2,1-3H3,(H2,25,26,27);1H. The van der Waals surface area contributed by atoms with Crippen molar-refractivity contribution in [2.75, 3.05) is 46.9 Å². The van der Waals surface area contributed by atoms with Crippen LogP contribution in [-0.2, 0) is 0 Å². The molecular formula is C24H37IN4O4. The van der Waals surface area contributed by atoms with Gasteiger partial charge in [0.25, 0.3) is 0 Å². The smallest absolute Gasteiger partial charge is 0.191 e. The number of benzene rings is 1. The summed E-state index contributed by atoms with van der Waals surface area (Å²) >= 11 is 0. The van der Waals surface area contributed by atoms with Crippen LogP contribution in [0.1, 0.15) is 49.7 Å². The Balaban J connectivity index is 0.00000385. The lowest BCUT2D eigenvalue weighted by molar-refractivity contribution is 0.150. The van der Waals surface area contributed by atoms with Gasteiger partial charge in [0.1, 0.15) is 17.3 Å². The molecule has 2 unspecified atom stereocenters. The fourth-order valence-corrected chi connectivity index (χ4v) is 4.02. The van der Waals surface area contributed by atoms with Crippen LogP contribution in [0.25, 0.3) is 0 Å². The van der Waals surface area contributed by atoms with Gasteiger partial charge in [0.05, 0.1) is 39.2 Å². The number of aliphatic hydroxyl groups is 1. The fraction of sp³-hybridized carbons (Fsp3) is 0.542. The third-order valence-electron chi connectivity index (χ3n) is 5.73. The maximum atomic E-state index is 10.8. The number of aliphatic imine (C=N–C) groups is 1. The third kappa shape index (κ3) is 7.79. The molecule has 8 nitrogen and oxygen atoms in total. The average molecular weight is 572 g/mol. The topological polar surface area (TPSA) is 91.5 Å². The van der Waals surface area contributed by atoms with E-state index >= 15 is 0 Å². The first-order valence-corrected chi connectivity index (χ1v) is 11.4. The first kappa shape index (κ1) is 27.3. The van der Waals surface area contributed by atoms with Crippen LogP contribution in [0.15, 0.2) is 46.0 Å². The minimum Gasteiger partial charge on any atom is -0.497 e. The number of likely N-dealkylation sites (tertiary alicyclic amines) is 1. The van der Waals surface area contributed by atoms with Crippen LogP contribution in [0, 0.1) is 0 Å². The summed E-state index contributed by atoms with van der Waals surface area (Å²) < 4.78 is 16.4. The number of nitrogens with zero attached hydrogens (tertiary/aromatic N) is 2. The second-order valence-electron chi connectivity index (χ2n) is 7.85. The Morgan fingerprint density at radius 2 is 1.94 bits per heavy atom. The molecule has 3 rings (SSSR count). The number of piperidine rings is 1. The van der Waals surface area contributed by atoms with E-state index in [4.69, 9.17) is 18.9 Å². The predicted molar refractivity (Wildman–Crippen MR) is 141 cm³/mol. The molecule has 0 aliphatic carbocycles. The van der Waals surface area contributed by atoms with Gasteiger partial charge in [0, 0.05) is 18.7 Å². The molecule has 1 fully saturated rings. The molecule has 1 aliphatic rings. The molecule has 1 saturated heterocycles. The van der Waals surface area contributed by atoms with E-state index in [1.54, 1.807) is 32.6 Å². The van der Waals surface area contributed by atoms with Crippen molar-refractivity contribution in [3.63, 3.8) is 0 Å². The van der Waals surface area contributed by atoms with Crippen LogP contribution in [0.2, 0.25) is 0 Å². The second kappa shape index (κ2) is 14.3. The number of nitrogens with one attached hydrogen (secondary N) is 2. The van der Waals surface area contributed by atoms with Gasteiger partial charge in [-0.3, -0.25) is 9.89 Å². The van der Waals surface area contributed by atoms with Gasteiger partial charge in [0.2, 0.25) is 0 Å². The van der Waals surface area contributed by atoms with Crippen LogP contribution in [0.3, 0.4) is 0 Å². The van der Waals surface area contributed by atoms with Crippen molar-refractivity contribution in [3.05, 3.63) is 47.9 Å². The molecule has 0 amide bonds. The lowest BCUT2D eigenvalue weighted by Crippen LogP contribution is -2.41. The van der Waals surface area contributed by atoms with Crippen molar-refractivity contribution in [2.45, 2.75) is 38.3 Å². The number of hydrogen-bond donors (Lipinski definition) is 3. The van der Waals surface area contributed by atoms with Crippen molar-refractivity contribution < 1.29 is 19.0 Å². The van der Waals surface area contributed by atoms with Gasteiger partial charge in [-0.1, -0.05) is 6.42 Å².